The van der Waals surface area contributed by atoms with Crippen molar-refractivity contribution in [2.75, 3.05) is 39.8 Å². The average Bonchev–Trinajstić information content (AvgIpc) is 3.28. The van der Waals surface area contributed by atoms with Gasteiger partial charge in [-0.1, -0.05) is 0 Å². The van der Waals surface area contributed by atoms with Gasteiger partial charge < -0.3 is 19.3 Å². The second-order valence-electron chi connectivity index (χ2n) is 7.15. The van der Waals surface area contributed by atoms with Gasteiger partial charge in [-0.05, 0) is 31.3 Å². The number of piperazine rings is 1. The fourth-order valence-corrected chi connectivity index (χ4v) is 3.42. The first-order chi connectivity index (χ1) is 13.3. The molecule has 0 aliphatic carbocycles. The van der Waals surface area contributed by atoms with Gasteiger partial charge in [-0.2, -0.15) is 18.3 Å². The number of aromatic nitrogens is 2. The van der Waals surface area contributed by atoms with E-state index in [9.17, 15) is 18.3 Å². The molecule has 9 heteroatoms. The zero-order chi connectivity index (χ0) is 19.9. The Labute approximate surface area is 159 Å². The summed E-state index contributed by atoms with van der Waals surface area (Å²) in [4.78, 5) is 4.65. The van der Waals surface area contributed by atoms with Crippen LogP contribution in [0.2, 0.25) is 0 Å². The molecular weight excluding hydrogens is 373 g/mol. The Morgan fingerprint density at radius 1 is 1.18 bits per heavy atom. The average molecular weight is 394 g/mol. The molecule has 1 aromatic carbocycles. The summed E-state index contributed by atoms with van der Waals surface area (Å²) >= 11 is 0. The minimum absolute atomic E-state index is 0.0342. The van der Waals surface area contributed by atoms with Crippen LogP contribution in [0.15, 0.2) is 28.7 Å². The Kier molecular flexibility index (Phi) is 4.80. The molecule has 6 nitrogen and oxygen atoms in total. The Hall–Kier alpha value is -2.52. The van der Waals surface area contributed by atoms with Gasteiger partial charge in [0.15, 0.2) is 0 Å². The highest BCUT2D eigenvalue weighted by Crippen LogP contribution is 2.38. The predicted octanol–water partition coefficient (Wildman–Crippen LogP) is 3.34. The minimum Gasteiger partial charge on any atom is -0.506 e. The lowest BCUT2D eigenvalue weighted by molar-refractivity contribution is -0.141. The van der Waals surface area contributed by atoms with E-state index in [0.29, 0.717) is 17.4 Å². The summed E-state index contributed by atoms with van der Waals surface area (Å²) in [6, 6.07) is 5.80. The lowest BCUT2D eigenvalue weighted by Gasteiger charge is -2.32. The highest BCUT2D eigenvalue weighted by molar-refractivity contribution is 5.91. The van der Waals surface area contributed by atoms with Gasteiger partial charge in [0.1, 0.15) is 22.8 Å². The van der Waals surface area contributed by atoms with Crippen LogP contribution < -0.4 is 0 Å². The van der Waals surface area contributed by atoms with Crippen molar-refractivity contribution in [3.63, 3.8) is 0 Å². The van der Waals surface area contributed by atoms with Crippen molar-refractivity contribution >= 4 is 11.0 Å². The van der Waals surface area contributed by atoms with Crippen LogP contribution in [0.5, 0.6) is 5.75 Å². The van der Waals surface area contributed by atoms with E-state index in [2.05, 4.69) is 21.9 Å². The van der Waals surface area contributed by atoms with Crippen molar-refractivity contribution in [3.8, 4) is 17.0 Å². The molecule has 0 bridgehead atoms. The Morgan fingerprint density at radius 3 is 2.61 bits per heavy atom. The summed E-state index contributed by atoms with van der Waals surface area (Å²) in [6.45, 7) is 4.94. The summed E-state index contributed by atoms with van der Waals surface area (Å²) in [5.41, 5.74) is -0.194. The number of halogens is 3. The van der Waals surface area contributed by atoms with Gasteiger partial charge in [0.05, 0.1) is 11.1 Å². The van der Waals surface area contributed by atoms with E-state index in [1.54, 1.807) is 12.1 Å². The summed E-state index contributed by atoms with van der Waals surface area (Å²) in [5.74, 6) is 0.603. The molecule has 1 aliphatic heterocycles. The Morgan fingerprint density at radius 2 is 1.93 bits per heavy atom. The fourth-order valence-electron chi connectivity index (χ4n) is 3.42. The first-order valence-corrected chi connectivity index (χ1v) is 9.09. The highest BCUT2D eigenvalue weighted by Gasteiger charge is 2.33. The Balaban J connectivity index is 1.54. The molecule has 4 rings (SSSR count). The third-order valence-electron chi connectivity index (χ3n) is 5.15. The number of H-pyrrole nitrogens is 1. The Bertz CT molecular complexity index is 971. The quantitative estimate of drug-likeness (QED) is 0.711. The molecule has 1 fully saturated rings. The topological polar surface area (TPSA) is 68.5 Å². The maximum absolute atomic E-state index is 12.8. The van der Waals surface area contributed by atoms with Crippen molar-refractivity contribution in [2.45, 2.75) is 12.6 Å². The number of nitrogens with zero attached hydrogens (tertiary/aromatic N) is 3. The van der Waals surface area contributed by atoms with Crippen LogP contribution in [-0.4, -0.2) is 64.9 Å². The van der Waals surface area contributed by atoms with Gasteiger partial charge in [0.2, 0.25) is 0 Å². The molecule has 150 valence electrons. The molecule has 3 heterocycles. The SMILES string of the molecule is CN1CCN(CCc2cc3c(O)c(-c4cc(C(F)(F)F)[nH]n4)ccc3o2)CC1. The minimum atomic E-state index is -4.52. The number of aromatic amines is 1. The van der Waals surface area contributed by atoms with Gasteiger partial charge in [0.25, 0.3) is 0 Å². The number of phenolic OH excluding ortho intramolecular Hbond substituents is 1. The van der Waals surface area contributed by atoms with Gasteiger partial charge in [-0.25, -0.2) is 0 Å². The number of aromatic hydroxyl groups is 1. The standard InChI is InChI=1S/C19H21F3N4O2/c1-25-6-8-26(9-7-25)5-4-12-10-14-16(28-12)3-2-13(18(14)27)15-11-17(24-23-15)19(20,21)22/h2-3,10-11,27H,4-9H2,1H3,(H,23,24). The van der Waals surface area contributed by atoms with Crippen LogP contribution in [-0.2, 0) is 12.6 Å². The smallest absolute Gasteiger partial charge is 0.432 e. The highest BCUT2D eigenvalue weighted by atomic mass is 19.4. The molecule has 1 saturated heterocycles. The number of nitrogens with one attached hydrogen (secondary N) is 1. The van der Waals surface area contributed by atoms with E-state index in [1.165, 1.54) is 6.07 Å². The third kappa shape index (κ3) is 3.72. The molecule has 3 aromatic rings. The molecule has 0 spiro atoms. The van der Waals surface area contributed by atoms with E-state index in [4.69, 9.17) is 4.42 Å². The summed E-state index contributed by atoms with van der Waals surface area (Å²) in [7, 11) is 2.11. The maximum Gasteiger partial charge on any atom is 0.432 e. The van der Waals surface area contributed by atoms with Gasteiger partial charge >= 0.3 is 6.18 Å². The van der Waals surface area contributed by atoms with Crippen molar-refractivity contribution in [1.82, 2.24) is 20.0 Å². The van der Waals surface area contributed by atoms with E-state index in [1.807, 2.05) is 5.10 Å². The lowest BCUT2D eigenvalue weighted by atomic mass is 10.1. The molecule has 0 saturated carbocycles. The number of hydrogen-bond acceptors (Lipinski definition) is 5. The van der Waals surface area contributed by atoms with E-state index in [0.717, 1.165) is 44.6 Å². The van der Waals surface area contributed by atoms with Gasteiger partial charge in [0, 0.05) is 44.7 Å². The largest absolute Gasteiger partial charge is 0.506 e. The van der Waals surface area contributed by atoms with Crippen LogP contribution in [0, 0.1) is 0 Å². The molecule has 2 N–H and O–H groups in total. The van der Waals surface area contributed by atoms with Crippen LogP contribution in [0.4, 0.5) is 13.2 Å². The van der Waals surface area contributed by atoms with Crippen molar-refractivity contribution in [3.05, 3.63) is 35.7 Å². The summed E-state index contributed by atoms with van der Waals surface area (Å²) in [5, 5.41) is 16.7. The van der Waals surface area contributed by atoms with Crippen molar-refractivity contribution < 1.29 is 22.7 Å². The van der Waals surface area contributed by atoms with Crippen LogP contribution in [0.25, 0.3) is 22.2 Å². The lowest BCUT2D eigenvalue weighted by Crippen LogP contribution is -2.45. The van der Waals surface area contributed by atoms with Crippen LogP contribution in [0.3, 0.4) is 0 Å². The van der Waals surface area contributed by atoms with E-state index in [-0.39, 0.29) is 17.0 Å². The number of benzene rings is 1. The van der Waals surface area contributed by atoms with E-state index >= 15 is 0 Å². The third-order valence-corrected chi connectivity index (χ3v) is 5.15. The van der Waals surface area contributed by atoms with Crippen molar-refractivity contribution in [2.24, 2.45) is 0 Å². The zero-order valence-corrected chi connectivity index (χ0v) is 15.4. The molecule has 0 amide bonds. The molecule has 2 aromatic heterocycles. The van der Waals surface area contributed by atoms with Crippen LogP contribution in [0.1, 0.15) is 11.5 Å². The summed E-state index contributed by atoms with van der Waals surface area (Å²) in [6.07, 6.45) is -3.81. The second-order valence-corrected chi connectivity index (χ2v) is 7.15. The number of rotatable bonds is 4. The predicted molar refractivity (Wildman–Crippen MR) is 98.1 cm³/mol. The monoisotopic (exact) mass is 394 g/mol. The van der Waals surface area contributed by atoms with Crippen LogP contribution >= 0.6 is 0 Å². The number of phenols is 1. The zero-order valence-electron chi connectivity index (χ0n) is 15.4. The van der Waals surface area contributed by atoms with Gasteiger partial charge in [-0.15, -0.1) is 0 Å². The van der Waals surface area contributed by atoms with Gasteiger partial charge in [-0.3, -0.25) is 5.10 Å². The fraction of sp³-hybridized carbons (Fsp3) is 0.421. The van der Waals surface area contributed by atoms with E-state index < -0.39 is 11.9 Å². The molecule has 0 radical (unpaired) electrons. The maximum atomic E-state index is 12.8. The molecule has 0 unspecified atom stereocenters. The molecule has 28 heavy (non-hydrogen) atoms. The summed E-state index contributed by atoms with van der Waals surface area (Å²) < 4.78 is 44.1. The number of alkyl halides is 3. The molecule has 0 atom stereocenters. The number of fused-ring (bicyclic) bond motifs is 1. The number of furan rings is 1. The number of likely N-dealkylation sites (N-methyl/N-ethyl adjacent to an activating group) is 1. The molecular formula is C19H21F3N4O2. The number of hydrogen-bond donors (Lipinski definition) is 2. The molecule has 1 aliphatic rings. The first kappa shape index (κ1) is 18.8. The normalized spacial score (nSPS) is 16.9. The van der Waals surface area contributed by atoms with Crippen molar-refractivity contribution in [1.29, 1.82) is 0 Å². The first-order valence-electron chi connectivity index (χ1n) is 9.09. The second kappa shape index (κ2) is 7.14.